The number of nitrogens with two attached hydrogens (primary N) is 2. The topological polar surface area (TPSA) is 81.1 Å². The van der Waals surface area contributed by atoms with E-state index in [9.17, 15) is 4.79 Å². The van der Waals surface area contributed by atoms with E-state index in [1.165, 1.54) is 0 Å². The van der Waals surface area contributed by atoms with E-state index in [4.69, 9.17) is 11.5 Å². The highest BCUT2D eigenvalue weighted by atomic mass is 16.2. The van der Waals surface area contributed by atoms with Crippen molar-refractivity contribution in [3.05, 3.63) is 29.8 Å². The fourth-order valence-corrected chi connectivity index (χ4v) is 0.979. The van der Waals surface area contributed by atoms with Gasteiger partial charge in [0.05, 0.1) is 6.04 Å². The number of hydrogen-bond donors (Lipinski definition) is 3. The molecule has 1 aromatic carbocycles. The first kappa shape index (κ1) is 10.7. The highest BCUT2D eigenvalue weighted by Crippen LogP contribution is 2.08. The van der Waals surface area contributed by atoms with Gasteiger partial charge in [0.1, 0.15) is 0 Å². The van der Waals surface area contributed by atoms with Crippen LogP contribution in [-0.2, 0) is 4.79 Å². The number of anilines is 1. The molecule has 1 atom stereocenters. The highest BCUT2D eigenvalue weighted by Gasteiger charge is 2.10. The second-order valence-electron chi connectivity index (χ2n) is 3.20. The first-order chi connectivity index (χ1) is 6.63. The van der Waals surface area contributed by atoms with Crippen molar-refractivity contribution in [2.24, 2.45) is 11.5 Å². The second kappa shape index (κ2) is 4.74. The van der Waals surface area contributed by atoms with Gasteiger partial charge < -0.3 is 16.8 Å². The molecule has 0 unspecified atom stereocenters. The molecule has 0 heterocycles. The van der Waals surface area contributed by atoms with Crippen molar-refractivity contribution < 1.29 is 4.79 Å². The minimum atomic E-state index is -0.642. The molecule has 1 rings (SSSR count). The molecule has 4 nitrogen and oxygen atoms in total. The van der Waals surface area contributed by atoms with E-state index < -0.39 is 6.04 Å². The molecule has 0 aliphatic heterocycles. The van der Waals surface area contributed by atoms with Crippen LogP contribution in [0.15, 0.2) is 24.3 Å². The number of hydrogen-bond acceptors (Lipinski definition) is 3. The van der Waals surface area contributed by atoms with E-state index in [2.05, 4.69) is 5.32 Å². The van der Waals surface area contributed by atoms with Gasteiger partial charge in [-0.1, -0.05) is 17.7 Å². The summed E-state index contributed by atoms with van der Waals surface area (Å²) in [6, 6.07) is 6.86. The zero-order valence-electron chi connectivity index (χ0n) is 8.16. The number of rotatable bonds is 3. The molecule has 0 aliphatic rings. The maximum atomic E-state index is 11.3. The molecule has 1 aromatic rings. The van der Waals surface area contributed by atoms with Gasteiger partial charge in [-0.2, -0.15) is 0 Å². The van der Waals surface area contributed by atoms with Gasteiger partial charge in [-0.3, -0.25) is 4.79 Å². The molecule has 0 aliphatic carbocycles. The Labute approximate surface area is 83.3 Å². The third-order valence-corrected chi connectivity index (χ3v) is 1.91. The molecule has 0 saturated carbocycles. The average Bonchev–Trinajstić information content (AvgIpc) is 2.20. The normalized spacial score (nSPS) is 12.2. The van der Waals surface area contributed by atoms with Crippen LogP contribution >= 0.6 is 0 Å². The molecule has 1 amide bonds. The largest absolute Gasteiger partial charge is 0.328 e. The van der Waals surface area contributed by atoms with Crippen molar-refractivity contribution in [3.63, 3.8) is 0 Å². The highest BCUT2D eigenvalue weighted by molar-refractivity contribution is 5.94. The molecule has 0 bridgehead atoms. The van der Waals surface area contributed by atoms with Crippen LogP contribution in [-0.4, -0.2) is 18.5 Å². The van der Waals surface area contributed by atoms with Crippen LogP contribution in [0.1, 0.15) is 5.56 Å². The van der Waals surface area contributed by atoms with Crippen molar-refractivity contribution in [3.8, 4) is 0 Å². The Morgan fingerprint density at radius 2 is 2.00 bits per heavy atom. The number of nitrogens with one attached hydrogen (secondary N) is 1. The van der Waals surface area contributed by atoms with Gasteiger partial charge in [0, 0.05) is 12.2 Å². The molecular formula is C10H15N3O. The minimum Gasteiger partial charge on any atom is -0.328 e. The maximum Gasteiger partial charge on any atom is 0.242 e. The Bertz CT molecular complexity index is 308. The average molecular weight is 193 g/mol. The standard InChI is InChI=1S/C10H15N3O/c1-7-2-4-8(5-3-7)13-10(14)9(12)6-11/h2-5,9H,6,11-12H2,1H3,(H,13,14)/t9-/m1/s1. The predicted octanol–water partition coefficient (Wildman–Crippen LogP) is 0.220. The summed E-state index contributed by atoms with van der Waals surface area (Å²) in [4.78, 5) is 11.3. The number of aryl methyl sites for hydroxylation is 1. The summed E-state index contributed by atoms with van der Waals surface area (Å²) < 4.78 is 0. The summed E-state index contributed by atoms with van der Waals surface area (Å²) in [6.45, 7) is 2.13. The van der Waals surface area contributed by atoms with Gasteiger partial charge in [-0.25, -0.2) is 0 Å². The maximum absolute atomic E-state index is 11.3. The number of benzene rings is 1. The summed E-state index contributed by atoms with van der Waals surface area (Å²) in [5.74, 6) is -0.253. The van der Waals surface area contributed by atoms with Gasteiger partial charge >= 0.3 is 0 Å². The van der Waals surface area contributed by atoms with Crippen LogP contribution in [0.3, 0.4) is 0 Å². The molecule has 0 radical (unpaired) electrons. The monoisotopic (exact) mass is 193 g/mol. The molecular weight excluding hydrogens is 178 g/mol. The molecule has 0 saturated heterocycles. The van der Waals surface area contributed by atoms with Gasteiger partial charge in [-0.15, -0.1) is 0 Å². The molecule has 0 aromatic heterocycles. The van der Waals surface area contributed by atoms with E-state index >= 15 is 0 Å². The third kappa shape index (κ3) is 2.83. The molecule has 4 heteroatoms. The molecule has 0 fully saturated rings. The first-order valence-corrected chi connectivity index (χ1v) is 4.46. The smallest absolute Gasteiger partial charge is 0.242 e. The first-order valence-electron chi connectivity index (χ1n) is 4.46. The lowest BCUT2D eigenvalue weighted by Crippen LogP contribution is -2.41. The minimum absolute atomic E-state index is 0.150. The van der Waals surface area contributed by atoms with Crippen LogP contribution in [0.2, 0.25) is 0 Å². The van der Waals surface area contributed by atoms with Gasteiger partial charge in [0.15, 0.2) is 0 Å². The van der Waals surface area contributed by atoms with Crippen LogP contribution < -0.4 is 16.8 Å². The zero-order valence-corrected chi connectivity index (χ0v) is 8.16. The Balaban J connectivity index is 2.60. The fraction of sp³-hybridized carbons (Fsp3) is 0.300. The van der Waals surface area contributed by atoms with E-state index in [1.807, 2.05) is 31.2 Å². The quantitative estimate of drug-likeness (QED) is 0.642. The molecule has 14 heavy (non-hydrogen) atoms. The van der Waals surface area contributed by atoms with Crippen LogP contribution in [0.25, 0.3) is 0 Å². The number of amides is 1. The Kier molecular flexibility index (Phi) is 3.62. The second-order valence-corrected chi connectivity index (χ2v) is 3.20. The molecule has 0 spiro atoms. The Morgan fingerprint density at radius 3 is 2.50 bits per heavy atom. The number of carbonyl (C=O) groups excluding carboxylic acids is 1. The zero-order chi connectivity index (χ0) is 10.6. The van der Waals surface area contributed by atoms with Crippen LogP contribution in [0, 0.1) is 6.92 Å². The number of carbonyl (C=O) groups is 1. The van der Waals surface area contributed by atoms with Crippen LogP contribution in [0.4, 0.5) is 5.69 Å². The van der Waals surface area contributed by atoms with Gasteiger partial charge in [-0.05, 0) is 19.1 Å². The predicted molar refractivity (Wildman–Crippen MR) is 56.8 cm³/mol. The lowest BCUT2D eigenvalue weighted by molar-refractivity contribution is -0.117. The summed E-state index contributed by atoms with van der Waals surface area (Å²) in [7, 11) is 0. The summed E-state index contributed by atoms with van der Waals surface area (Å²) in [5.41, 5.74) is 12.6. The van der Waals surface area contributed by atoms with E-state index in [1.54, 1.807) is 0 Å². The van der Waals surface area contributed by atoms with E-state index in [0.29, 0.717) is 0 Å². The summed E-state index contributed by atoms with van der Waals surface area (Å²) >= 11 is 0. The van der Waals surface area contributed by atoms with Crippen molar-refractivity contribution >= 4 is 11.6 Å². The Morgan fingerprint density at radius 1 is 1.43 bits per heavy atom. The molecule has 76 valence electrons. The summed E-state index contributed by atoms with van der Waals surface area (Å²) in [6.07, 6.45) is 0. The van der Waals surface area contributed by atoms with Gasteiger partial charge in [0.2, 0.25) is 5.91 Å². The van der Waals surface area contributed by atoms with Crippen molar-refractivity contribution in [1.82, 2.24) is 0 Å². The lowest BCUT2D eigenvalue weighted by atomic mass is 10.2. The van der Waals surface area contributed by atoms with E-state index in [0.717, 1.165) is 11.3 Å². The fourth-order valence-electron chi connectivity index (χ4n) is 0.979. The van der Waals surface area contributed by atoms with Crippen molar-refractivity contribution in [2.45, 2.75) is 13.0 Å². The molecule has 5 N–H and O–H groups in total. The van der Waals surface area contributed by atoms with Gasteiger partial charge in [0.25, 0.3) is 0 Å². The van der Waals surface area contributed by atoms with Crippen molar-refractivity contribution in [2.75, 3.05) is 11.9 Å². The van der Waals surface area contributed by atoms with E-state index in [-0.39, 0.29) is 12.5 Å². The third-order valence-electron chi connectivity index (χ3n) is 1.91. The van der Waals surface area contributed by atoms with Crippen LogP contribution in [0.5, 0.6) is 0 Å². The Hall–Kier alpha value is -1.39. The lowest BCUT2D eigenvalue weighted by Gasteiger charge is -2.09. The van der Waals surface area contributed by atoms with Crippen molar-refractivity contribution in [1.29, 1.82) is 0 Å². The SMILES string of the molecule is Cc1ccc(NC(=O)[C@H](N)CN)cc1. The summed E-state index contributed by atoms with van der Waals surface area (Å²) in [5, 5.41) is 2.68.